The van der Waals surface area contributed by atoms with Crippen LogP contribution < -0.4 is 5.32 Å². The zero-order valence-corrected chi connectivity index (χ0v) is 16.7. The standard InChI is InChI=1S/C23H32N2S/c1-14-2-16-3-15(1)8-22(7-14,9-16)20-13-24-21(26-20)25-23-10-17-4-18(11-23)6-19(5-17)12-23/h13-19H,1-12H2,(H,24,25). The maximum Gasteiger partial charge on any atom is 0.183 e. The molecule has 0 atom stereocenters. The molecule has 1 aromatic heterocycles. The summed E-state index contributed by atoms with van der Waals surface area (Å²) in [4.78, 5) is 6.60. The molecule has 3 heteroatoms. The van der Waals surface area contributed by atoms with E-state index in [2.05, 4.69) is 11.5 Å². The first-order chi connectivity index (χ1) is 12.7. The van der Waals surface area contributed by atoms with Crippen LogP contribution in [0, 0.1) is 35.5 Å². The van der Waals surface area contributed by atoms with Crippen LogP contribution >= 0.6 is 11.3 Å². The van der Waals surface area contributed by atoms with Gasteiger partial charge in [0.15, 0.2) is 5.13 Å². The summed E-state index contributed by atoms with van der Waals surface area (Å²) in [6, 6.07) is 0. The molecule has 0 saturated heterocycles. The molecule has 0 aromatic carbocycles. The van der Waals surface area contributed by atoms with E-state index in [9.17, 15) is 0 Å². The number of anilines is 1. The van der Waals surface area contributed by atoms with Gasteiger partial charge in [-0.25, -0.2) is 4.98 Å². The van der Waals surface area contributed by atoms with Crippen LogP contribution in [0.4, 0.5) is 5.13 Å². The molecule has 1 aromatic rings. The summed E-state index contributed by atoms with van der Waals surface area (Å²) in [5.74, 6) is 6.12. The minimum atomic E-state index is 0.408. The minimum Gasteiger partial charge on any atom is -0.356 e. The number of aromatic nitrogens is 1. The highest BCUT2D eigenvalue weighted by atomic mass is 32.1. The van der Waals surface area contributed by atoms with Gasteiger partial charge in [-0.3, -0.25) is 0 Å². The Balaban J connectivity index is 1.16. The molecular weight excluding hydrogens is 336 g/mol. The SMILES string of the molecule is c1nc(NC23CC4CC(CC(C4)C2)C3)sc1C12CC3CC(CC(C3)C1)C2. The molecule has 9 rings (SSSR count). The van der Waals surface area contributed by atoms with E-state index in [0.717, 1.165) is 35.5 Å². The van der Waals surface area contributed by atoms with Crippen LogP contribution in [0.2, 0.25) is 0 Å². The highest BCUT2D eigenvalue weighted by molar-refractivity contribution is 7.15. The monoisotopic (exact) mass is 368 g/mol. The Bertz CT molecular complexity index is 664. The Morgan fingerprint density at radius 3 is 1.69 bits per heavy atom. The minimum absolute atomic E-state index is 0.408. The normalized spacial score (nSPS) is 53.4. The van der Waals surface area contributed by atoms with Crippen LogP contribution in [0.3, 0.4) is 0 Å². The molecular formula is C23H32N2S. The van der Waals surface area contributed by atoms with Crippen LogP contribution in [0.15, 0.2) is 6.20 Å². The van der Waals surface area contributed by atoms with Gasteiger partial charge >= 0.3 is 0 Å². The van der Waals surface area contributed by atoms with E-state index in [-0.39, 0.29) is 0 Å². The van der Waals surface area contributed by atoms with Gasteiger partial charge in [0.05, 0.1) is 0 Å². The van der Waals surface area contributed by atoms with Gasteiger partial charge in [0.25, 0.3) is 0 Å². The number of nitrogens with one attached hydrogen (secondary N) is 1. The molecule has 26 heavy (non-hydrogen) atoms. The Morgan fingerprint density at radius 1 is 0.731 bits per heavy atom. The molecule has 8 bridgehead atoms. The van der Waals surface area contributed by atoms with Gasteiger partial charge in [-0.1, -0.05) is 0 Å². The van der Waals surface area contributed by atoms with Crippen molar-refractivity contribution in [3.8, 4) is 0 Å². The van der Waals surface area contributed by atoms with Crippen LogP contribution in [-0.2, 0) is 5.41 Å². The number of rotatable bonds is 3. The van der Waals surface area contributed by atoms with Crippen molar-refractivity contribution >= 4 is 16.5 Å². The van der Waals surface area contributed by atoms with Gasteiger partial charge in [-0.2, -0.15) is 0 Å². The Labute approximate surface area is 161 Å². The summed E-state index contributed by atoms with van der Waals surface area (Å²) in [6.45, 7) is 0. The Hall–Kier alpha value is -0.570. The zero-order valence-electron chi connectivity index (χ0n) is 15.9. The third kappa shape index (κ3) is 2.19. The second-order valence-electron chi connectivity index (χ2n) is 11.6. The molecule has 8 aliphatic rings. The molecule has 1 N–H and O–H groups in total. The third-order valence-electron chi connectivity index (χ3n) is 9.48. The lowest BCUT2D eigenvalue weighted by Gasteiger charge is -2.57. The van der Waals surface area contributed by atoms with E-state index in [0.29, 0.717) is 11.0 Å². The quantitative estimate of drug-likeness (QED) is 0.708. The fourth-order valence-corrected chi connectivity index (χ4v) is 10.6. The molecule has 8 saturated carbocycles. The maximum atomic E-state index is 4.96. The summed E-state index contributed by atoms with van der Waals surface area (Å²) < 4.78 is 0. The van der Waals surface area contributed by atoms with E-state index in [4.69, 9.17) is 4.98 Å². The van der Waals surface area contributed by atoms with Crippen molar-refractivity contribution in [2.45, 2.75) is 88.0 Å². The van der Waals surface area contributed by atoms with Crippen molar-refractivity contribution in [2.75, 3.05) is 5.32 Å². The predicted molar refractivity (Wildman–Crippen MR) is 106 cm³/mol. The van der Waals surface area contributed by atoms with Crippen molar-refractivity contribution in [1.82, 2.24) is 4.98 Å². The second kappa shape index (κ2) is 5.07. The first-order valence-electron chi connectivity index (χ1n) is 11.4. The predicted octanol–water partition coefficient (Wildman–Crippen LogP) is 5.99. The molecule has 1 heterocycles. The summed E-state index contributed by atoms with van der Waals surface area (Å²) in [5, 5.41) is 5.31. The summed E-state index contributed by atoms with van der Waals surface area (Å²) in [6.07, 6.45) is 20.2. The summed E-state index contributed by atoms with van der Waals surface area (Å²) in [7, 11) is 0. The number of thiazole rings is 1. The van der Waals surface area contributed by atoms with Crippen LogP contribution in [0.5, 0.6) is 0 Å². The van der Waals surface area contributed by atoms with E-state index >= 15 is 0 Å². The molecule has 8 fully saturated rings. The van der Waals surface area contributed by atoms with Gasteiger partial charge in [0.1, 0.15) is 0 Å². The average Bonchev–Trinajstić information content (AvgIpc) is 3.01. The van der Waals surface area contributed by atoms with Gasteiger partial charge in [-0.15, -0.1) is 11.3 Å². The van der Waals surface area contributed by atoms with E-state index in [1.807, 2.05) is 11.3 Å². The van der Waals surface area contributed by atoms with Crippen LogP contribution in [0.25, 0.3) is 0 Å². The van der Waals surface area contributed by atoms with Crippen molar-refractivity contribution in [3.63, 3.8) is 0 Å². The van der Waals surface area contributed by atoms with Gasteiger partial charge in [-0.05, 0) is 113 Å². The first-order valence-corrected chi connectivity index (χ1v) is 12.2. The van der Waals surface area contributed by atoms with E-state index in [1.54, 1.807) is 4.88 Å². The smallest absolute Gasteiger partial charge is 0.183 e. The van der Waals surface area contributed by atoms with Gasteiger partial charge in [0.2, 0.25) is 0 Å². The van der Waals surface area contributed by atoms with Crippen LogP contribution in [-0.4, -0.2) is 10.5 Å². The fraction of sp³-hybridized carbons (Fsp3) is 0.870. The molecule has 0 amide bonds. The third-order valence-corrected chi connectivity index (χ3v) is 10.6. The zero-order chi connectivity index (χ0) is 16.9. The fourth-order valence-electron chi connectivity index (χ4n) is 9.48. The lowest BCUT2D eigenvalue weighted by atomic mass is 9.49. The van der Waals surface area contributed by atoms with Crippen molar-refractivity contribution in [2.24, 2.45) is 35.5 Å². The number of hydrogen-bond acceptors (Lipinski definition) is 3. The van der Waals surface area contributed by atoms with Crippen molar-refractivity contribution < 1.29 is 0 Å². The highest BCUT2D eigenvalue weighted by Gasteiger charge is 2.53. The van der Waals surface area contributed by atoms with E-state index < -0.39 is 0 Å². The largest absolute Gasteiger partial charge is 0.356 e. The van der Waals surface area contributed by atoms with Gasteiger partial charge in [0, 0.05) is 22.0 Å². The number of nitrogens with zero attached hydrogens (tertiary/aromatic N) is 1. The second-order valence-corrected chi connectivity index (χ2v) is 12.6. The lowest BCUT2D eigenvalue weighted by molar-refractivity contribution is -0.00356. The molecule has 0 aliphatic heterocycles. The number of hydrogen-bond donors (Lipinski definition) is 1. The molecule has 0 unspecified atom stereocenters. The van der Waals surface area contributed by atoms with E-state index in [1.165, 1.54) is 82.2 Å². The Kier molecular flexibility index (Phi) is 3.00. The molecule has 0 spiro atoms. The maximum absolute atomic E-state index is 4.96. The summed E-state index contributed by atoms with van der Waals surface area (Å²) >= 11 is 2.05. The van der Waals surface area contributed by atoms with Crippen molar-refractivity contribution in [1.29, 1.82) is 0 Å². The first kappa shape index (κ1) is 15.4. The average molecular weight is 369 g/mol. The molecule has 2 nitrogen and oxygen atoms in total. The summed E-state index contributed by atoms with van der Waals surface area (Å²) in [5.41, 5.74) is 0.930. The highest BCUT2D eigenvalue weighted by Crippen LogP contribution is 2.62. The topological polar surface area (TPSA) is 24.9 Å². The van der Waals surface area contributed by atoms with Crippen LogP contribution in [0.1, 0.15) is 81.9 Å². The Morgan fingerprint density at radius 2 is 1.19 bits per heavy atom. The molecule has 0 radical (unpaired) electrons. The van der Waals surface area contributed by atoms with Gasteiger partial charge < -0.3 is 5.32 Å². The lowest BCUT2D eigenvalue weighted by Crippen LogP contribution is -2.54. The molecule has 8 aliphatic carbocycles. The molecule has 140 valence electrons. The van der Waals surface area contributed by atoms with Crippen molar-refractivity contribution in [3.05, 3.63) is 11.1 Å².